The number of benzene rings is 2. The molecule has 1 heterocycles. The molecule has 4 nitrogen and oxygen atoms in total. The van der Waals surface area contributed by atoms with Gasteiger partial charge in [-0.1, -0.05) is 35.9 Å². The van der Waals surface area contributed by atoms with Gasteiger partial charge >= 0.3 is 0 Å². The summed E-state index contributed by atoms with van der Waals surface area (Å²) in [5.74, 6) is 1.44. The van der Waals surface area contributed by atoms with Gasteiger partial charge in [-0.05, 0) is 24.3 Å². The highest BCUT2D eigenvalue weighted by molar-refractivity contribution is 8.00. The van der Waals surface area contributed by atoms with Gasteiger partial charge < -0.3 is 14.5 Å². The minimum absolute atomic E-state index is 0.157. The zero-order valence-corrected chi connectivity index (χ0v) is 15.7. The average molecular weight is 377 g/mol. The van der Waals surface area contributed by atoms with E-state index in [0.717, 1.165) is 42.5 Å². The number of ether oxygens (including phenoxy) is 1. The van der Waals surface area contributed by atoms with Crippen LogP contribution in [0.25, 0.3) is 0 Å². The summed E-state index contributed by atoms with van der Waals surface area (Å²) in [5, 5.41) is 0.696. The van der Waals surface area contributed by atoms with Gasteiger partial charge in [0.2, 0.25) is 5.91 Å². The monoisotopic (exact) mass is 376 g/mol. The van der Waals surface area contributed by atoms with E-state index in [1.54, 1.807) is 7.11 Å². The van der Waals surface area contributed by atoms with Crippen LogP contribution in [-0.2, 0) is 4.79 Å². The molecule has 1 fully saturated rings. The molecule has 1 saturated heterocycles. The van der Waals surface area contributed by atoms with Crippen molar-refractivity contribution in [3.8, 4) is 5.75 Å². The van der Waals surface area contributed by atoms with Crippen molar-refractivity contribution in [3.05, 3.63) is 53.6 Å². The molecule has 0 N–H and O–H groups in total. The van der Waals surface area contributed by atoms with Crippen LogP contribution in [0.5, 0.6) is 5.75 Å². The number of amides is 1. The largest absolute Gasteiger partial charge is 0.495 e. The van der Waals surface area contributed by atoms with E-state index in [1.807, 2.05) is 47.4 Å². The number of para-hydroxylation sites is 2. The van der Waals surface area contributed by atoms with E-state index in [-0.39, 0.29) is 5.91 Å². The number of carbonyl (C=O) groups is 1. The number of hydrogen-bond acceptors (Lipinski definition) is 4. The number of piperazine rings is 1. The third-order valence-corrected chi connectivity index (χ3v) is 5.75. The Hall–Kier alpha value is -1.85. The summed E-state index contributed by atoms with van der Waals surface area (Å²) in [6.07, 6.45) is 0. The van der Waals surface area contributed by atoms with Crippen molar-refractivity contribution >= 4 is 35.0 Å². The molecule has 0 bridgehead atoms. The maximum absolute atomic E-state index is 12.5. The number of halogens is 1. The lowest BCUT2D eigenvalue weighted by Crippen LogP contribution is -2.49. The number of methoxy groups -OCH3 is 1. The number of anilines is 1. The molecule has 0 radical (unpaired) electrons. The van der Waals surface area contributed by atoms with Gasteiger partial charge in [0, 0.05) is 31.1 Å². The standard InChI is InChI=1S/C19H21ClN2O2S/c1-24-17-8-4-3-7-16(17)21-10-12-22(13-11-21)19(23)14-25-18-9-5-2-6-15(18)20/h2-9H,10-14H2,1H3. The molecule has 0 atom stereocenters. The van der Waals surface area contributed by atoms with Crippen molar-refractivity contribution in [2.24, 2.45) is 0 Å². The van der Waals surface area contributed by atoms with Gasteiger partial charge in [0.25, 0.3) is 0 Å². The van der Waals surface area contributed by atoms with Crippen LogP contribution in [0.15, 0.2) is 53.4 Å². The Morgan fingerprint density at radius 1 is 1.08 bits per heavy atom. The minimum atomic E-state index is 0.157. The molecule has 0 unspecified atom stereocenters. The first-order valence-corrected chi connectivity index (χ1v) is 9.58. The highest BCUT2D eigenvalue weighted by atomic mass is 35.5. The van der Waals surface area contributed by atoms with Gasteiger partial charge in [0.1, 0.15) is 5.75 Å². The first kappa shape index (κ1) is 18.0. The molecule has 1 amide bonds. The quantitative estimate of drug-likeness (QED) is 0.743. The van der Waals surface area contributed by atoms with Crippen molar-refractivity contribution in [3.63, 3.8) is 0 Å². The zero-order valence-electron chi connectivity index (χ0n) is 14.2. The number of rotatable bonds is 5. The van der Waals surface area contributed by atoms with Gasteiger partial charge in [-0.2, -0.15) is 0 Å². The minimum Gasteiger partial charge on any atom is -0.495 e. The molecule has 25 heavy (non-hydrogen) atoms. The zero-order chi connectivity index (χ0) is 17.6. The Balaban J connectivity index is 1.53. The molecule has 2 aromatic carbocycles. The van der Waals surface area contributed by atoms with E-state index in [4.69, 9.17) is 16.3 Å². The second kappa shape index (κ2) is 8.50. The number of carbonyl (C=O) groups excluding carboxylic acids is 1. The highest BCUT2D eigenvalue weighted by Crippen LogP contribution is 2.29. The summed E-state index contributed by atoms with van der Waals surface area (Å²) in [6, 6.07) is 15.6. The maximum atomic E-state index is 12.5. The normalized spacial score (nSPS) is 14.5. The van der Waals surface area contributed by atoms with Crippen LogP contribution < -0.4 is 9.64 Å². The molecule has 132 valence electrons. The van der Waals surface area contributed by atoms with E-state index in [9.17, 15) is 4.79 Å². The molecule has 0 saturated carbocycles. The Morgan fingerprint density at radius 3 is 2.48 bits per heavy atom. The van der Waals surface area contributed by atoms with Gasteiger partial charge in [-0.3, -0.25) is 4.79 Å². The van der Waals surface area contributed by atoms with Gasteiger partial charge in [-0.15, -0.1) is 11.8 Å². The van der Waals surface area contributed by atoms with Crippen molar-refractivity contribution in [2.45, 2.75) is 4.90 Å². The lowest BCUT2D eigenvalue weighted by molar-refractivity contribution is -0.128. The first-order chi connectivity index (χ1) is 12.2. The third kappa shape index (κ3) is 4.41. The Morgan fingerprint density at radius 2 is 1.76 bits per heavy atom. The summed E-state index contributed by atoms with van der Waals surface area (Å²) in [7, 11) is 1.69. The number of hydrogen-bond donors (Lipinski definition) is 0. The molecule has 0 aliphatic carbocycles. The van der Waals surface area contributed by atoms with Crippen LogP contribution in [-0.4, -0.2) is 49.8 Å². The van der Waals surface area contributed by atoms with Gasteiger partial charge in [0.05, 0.1) is 23.6 Å². The lowest BCUT2D eigenvalue weighted by Gasteiger charge is -2.36. The summed E-state index contributed by atoms with van der Waals surface area (Å²) < 4.78 is 5.43. The maximum Gasteiger partial charge on any atom is 0.233 e. The highest BCUT2D eigenvalue weighted by Gasteiger charge is 2.22. The van der Waals surface area contributed by atoms with Crippen molar-refractivity contribution < 1.29 is 9.53 Å². The molecule has 0 aromatic heterocycles. The molecule has 3 rings (SSSR count). The Labute approximate surface area is 157 Å². The topological polar surface area (TPSA) is 32.8 Å². The lowest BCUT2D eigenvalue weighted by atomic mass is 10.2. The van der Waals surface area contributed by atoms with Crippen molar-refractivity contribution in [2.75, 3.05) is 43.9 Å². The molecule has 1 aliphatic heterocycles. The van der Waals surface area contributed by atoms with Crippen LogP contribution in [0, 0.1) is 0 Å². The van der Waals surface area contributed by atoms with E-state index in [0.29, 0.717) is 10.8 Å². The van der Waals surface area contributed by atoms with E-state index in [2.05, 4.69) is 11.0 Å². The van der Waals surface area contributed by atoms with E-state index < -0.39 is 0 Å². The molecule has 0 spiro atoms. The fourth-order valence-corrected chi connectivity index (χ4v) is 4.02. The van der Waals surface area contributed by atoms with E-state index in [1.165, 1.54) is 11.8 Å². The van der Waals surface area contributed by atoms with Crippen LogP contribution in [0.4, 0.5) is 5.69 Å². The average Bonchev–Trinajstić information content (AvgIpc) is 2.67. The van der Waals surface area contributed by atoms with Crippen LogP contribution >= 0.6 is 23.4 Å². The predicted molar refractivity (Wildman–Crippen MR) is 104 cm³/mol. The summed E-state index contributed by atoms with van der Waals surface area (Å²) in [5.41, 5.74) is 1.09. The molecular formula is C19H21ClN2O2S. The molecular weight excluding hydrogens is 356 g/mol. The summed E-state index contributed by atoms with van der Waals surface area (Å²) >= 11 is 7.64. The Bertz CT molecular complexity index is 733. The second-order valence-electron chi connectivity index (χ2n) is 5.76. The smallest absolute Gasteiger partial charge is 0.233 e. The molecule has 6 heteroatoms. The number of nitrogens with zero attached hydrogens (tertiary/aromatic N) is 2. The third-order valence-electron chi connectivity index (χ3n) is 4.25. The van der Waals surface area contributed by atoms with Crippen LogP contribution in [0.3, 0.4) is 0 Å². The van der Waals surface area contributed by atoms with Crippen LogP contribution in [0.1, 0.15) is 0 Å². The summed E-state index contributed by atoms with van der Waals surface area (Å²) in [4.78, 5) is 17.6. The van der Waals surface area contributed by atoms with E-state index >= 15 is 0 Å². The summed E-state index contributed by atoms with van der Waals surface area (Å²) in [6.45, 7) is 3.06. The second-order valence-corrected chi connectivity index (χ2v) is 7.18. The molecule has 2 aromatic rings. The van der Waals surface area contributed by atoms with Gasteiger partial charge in [0.15, 0.2) is 0 Å². The predicted octanol–water partition coefficient (Wildman–Crippen LogP) is 3.79. The fraction of sp³-hybridized carbons (Fsp3) is 0.316. The fourth-order valence-electron chi connectivity index (χ4n) is 2.88. The van der Waals surface area contributed by atoms with Crippen LogP contribution in [0.2, 0.25) is 5.02 Å². The SMILES string of the molecule is COc1ccccc1N1CCN(C(=O)CSc2ccccc2Cl)CC1. The first-order valence-electron chi connectivity index (χ1n) is 8.22. The molecule has 1 aliphatic rings. The number of thioether (sulfide) groups is 1. The van der Waals surface area contributed by atoms with Crippen molar-refractivity contribution in [1.29, 1.82) is 0 Å². The van der Waals surface area contributed by atoms with Gasteiger partial charge in [-0.25, -0.2) is 0 Å². The van der Waals surface area contributed by atoms with Crippen molar-refractivity contribution in [1.82, 2.24) is 4.90 Å². The Kier molecular flexibility index (Phi) is 6.10.